The number of pyridine rings is 1. The zero-order chi connectivity index (χ0) is 15.2. The SMILES string of the molecule is Cc1nc(-c2c[nH]c3c(S(C)(=O)=O)cccc23)ccc1N. The normalized spacial score (nSPS) is 11.9. The summed E-state index contributed by atoms with van der Waals surface area (Å²) in [5.74, 6) is 0. The second-order valence-electron chi connectivity index (χ2n) is 5.02. The molecule has 0 spiro atoms. The molecule has 0 amide bonds. The minimum absolute atomic E-state index is 0.290. The fraction of sp³-hybridized carbons (Fsp3) is 0.133. The summed E-state index contributed by atoms with van der Waals surface area (Å²) in [6.45, 7) is 1.84. The molecule has 0 radical (unpaired) electrons. The van der Waals surface area contributed by atoms with Gasteiger partial charge in [0.15, 0.2) is 9.84 Å². The number of hydrogen-bond acceptors (Lipinski definition) is 4. The number of nitrogens with one attached hydrogen (secondary N) is 1. The first kappa shape index (κ1) is 13.6. The Morgan fingerprint density at radius 2 is 1.95 bits per heavy atom. The third-order valence-corrected chi connectivity index (χ3v) is 4.62. The van der Waals surface area contributed by atoms with Gasteiger partial charge >= 0.3 is 0 Å². The molecule has 2 aromatic heterocycles. The number of para-hydroxylation sites is 1. The first-order chi connectivity index (χ1) is 9.88. The van der Waals surface area contributed by atoms with E-state index >= 15 is 0 Å². The summed E-state index contributed by atoms with van der Waals surface area (Å²) in [6, 6.07) is 8.85. The molecule has 3 rings (SSSR count). The van der Waals surface area contributed by atoms with Crippen molar-refractivity contribution >= 4 is 26.4 Å². The number of sulfone groups is 1. The summed E-state index contributed by atoms with van der Waals surface area (Å²) in [7, 11) is -3.28. The maximum atomic E-state index is 11.8. The van der Waals surface area contributed by atoms with Crippen LogP contribution in [-0.4, -0.2) is 24.6 Å². The molecule has 0 aliphatic heterocycles. The molecule has 0 saturated heterocycles. The van der Waals surface area contributed by atoms with Crippen molar-refractivity contribution in [2.75, 3.05) is 12.0 Å². The highest BCUT2D eigenvalue weighted by atomic mass is 32.2. The standard InChI is InChI=1S/C15H15N3O2S/c1-9-12(16)6-7-13(18-9)11-8-17-15-10(11)4-3-5-14(15)21(2,19)20/h3-8,17H,16H2,1-2H3. The van der Waals surface area contributed by atoms with Crippen LogP contribution in [0.25, 0.3) is 22.2 Å². The first-order valence-corrected chi connectivity index (χ1v) is 8.31. The van der Waals surface area contributed by atoms with Gasteiger partial charge in [0, 0.05) is 23.4 Å². The van der Waals surface area contributed by atoms with Crippen LogP contribution in [0.5, 0.6) is 0 Å². The average Bonchev–Trinajstić information content (AvgIpc) is 2.84. The molecular weight excluding hydrogens is 286 g/mol. The van der Waals surface area contributed by atoms with Crippen molar-refractivity contribution < 1.29 is 8.42 Å². The molecule has 0 atom stereocenters. The van der Waals surface area contributed by atoms with E-state index in [1.54, 1.807) is 24.4 Å². The molecule has 0 aliphatic rings. The van der Waals surface area contributed by atoms with Crippen LogP contribution in [0, 0.1) is 6.92 Å². The van der Waals surface area contributed by atoms with Crippen LogP contribution in [0.4, 0.5) is 5.69 Å². The van der Waals surface area contributed by atoms with Gasteiger partial charge < -0.3 is 10.7 Å². The van der Waals surface area contributed by atoms with Crippen LogP contribution in [0.2, 0.25) is 0 Å². The average molecular weight is 301 g/mol. The first-order valence-electron chi connectivity index (χ1n) is 6.41. The van der Waals surface area contributed by atoms with E-state index < -0.39 is 9.84 Å². The summed E-state index contributed by atoms with van der Waals surface area (Å²) >= 11 is 0. The molecule has 21 heavy (non-hydrogen) atoms. The quantitative estimate of drug-likeness (QED) is 0.761. The van der Waals surface area contributed by atoms with Gasteiger partial charge in [-0.25, -0.2) is 8.42 Å². The van der Waals surface area contributed by atoms with Crippen molar-refractivity contribution in [1.82, 2.24) is 9.97 Å². The van der Waals surface area contributed by atoms with Crippen LogP contribution in [0.1, 0.15) is 5.69 Å². The number of fused-ring (bicyclic) bond motifs is 1. The number of aromatic amines is 1. The van der Waals surface area contributed by atoms with E-state index in [9.17, 15) is 8.42 Å². The topological polar surface area (TPSA) is 88.8 Å². The van der Waals surface area contributed by atoms with E-state index in [-0.39, 0.29) is 0 Å². The molecule has 0 aliphatic carbocycles. The Kier molecular flexibility index (Phi) is 2.98. The van der Waals surface area contributed by atoms with Crippen molar-refractivity contribution in [3.63, 3.8) is 0 Å². The molecule has 0 fully saturated rings. The van der Waals surface area contributed by atoms with Gasteiger partial charge in [0.1, 0.15) is 0 Å². The van der Waals surface area contributed by atoms with E-state index in [2.05, 4.69) is 9.97 Å². The zero-order valence-corrected chi connectivity index (χ0v) is 12.5. The number of rotatable bonds is 2. The Hall–Kier alpha value is -2.34. The lowest BCUT2D eigenvalue weighted by Crippen LogP contribution is -1.97. The highest BCUT2D eigenvalue weighted by Gasteiger charge is 2.16. The molecular formula is C15H15N3O2S. The molecule has 0 unspecified atom stereocenters. The summed E-state index contributed by atoms with van der Waals surface area (Å²) in [5, 5.41) is 0.828. The number of anilines is 1. The maximum absolute atomic E-state index is 11.8. The van der Waals surface area contributed by atoms with E-state index in [1.807, 2.05) is 19.1 Å². The molecule has 0 bridgehead atoms. The van der Waals surface area contributed by atoms with Crippen LogP contribution >= 0.6 is 0 Å². The van der Waals surface area contributed by atoms with E-state index in [0.29, 0.717) is 16.1 Å². The molecule has 3 aromatic rings. The monoisotopic (exact) mass is 301 g/mol. The minimum atomic E-state index is -3.28. The summed E-state index contributed by atoms with van der Waals surface area (Å²) in [6.07, 6.45) is 2.98. The largest absolute Gasteiger partial charge is 0.397 e. The summed E-state index contributed by atoms with van der Waals surface area (Å²) in [5.41, 5.74) is 9.40. The number of hydrogen-bond donors (Lipinski definition) is 2. The molecule has 1 aromatic carbocycles. The van der Waals surface area contributed by atoms with Crippen molar-refractivity contribution in [3.8, 4) is 11.3 Å². The Labute approximate surface area is 122 Å². The van der Waals surface area contributed by atoms with Crippen molar-refractivity contribution in [2.24, 2.45) is 0 Å². The number of H-pyrrole nitrogens is 1. The van der Waals surface area contributed by atoms with Gasteiger partial charge in [-0.15, -0.1) is 0 Å². The molecule has 0 saturated carbocycles. The molecule has 5 nitrogen and oxygen atoms in total. The Bertz CT molecular complexity index is 943. The number of benzene rings is 1. The molecule has 108 valence electrons. The van der Waals surface area contributed by atoms with Crippen LogP contribution in [-0.2, 0) is 9.84 Å². The number of nitrogen functional groups attached to an aromatic ring is 1. The predicted molar refractivity (Wildman–Crippen MR) is 83.8 cm³/mol. The number of nitrogens with zero attached hydrogens (tertiary/aromatic N) is 1. The summed E-state index contributed by atoms with van der Waals surface area (Å²) < 4.78 is 23.7. The Morgan fingerprint density at radius 1 is 1.19 bits per heavy atom. The lowest BCUT2D eigenvalue weighted by atomic mass is 10.1. The lowest BCUT2D eigenvalue weighted by molar-refractivity contribution is 0.602. The Balaban J connectivity index is 2.28. The third kappa shape index (κ3) is 2.27. The fourth-order valence-corrected chi connectivity index (χ4v) is 3.23. The van der Waals surface area contributed by atoms with Crippen LogP contribution in [0.3, 0.4) is 0 Å². The van der Waals surface area contributed by atoms with Gasteiger partial charge in [0.2, 0.25) is 0 Å². The third-order valence-electron chi connectivity index (χ3n) is 3.48. The van der Waals surface area contributed by atoms with E-state index in [1.165, 1.54) is 6.26 Å². The van der Waals surface area contributed by atoms with E-state index in [0.717, 1.165) is 22.3 Å². The molecule has 3 N–H and O–H groups in total. The second kappa shape index (κ2) is 4.60. The smallest absolute Gasteiger partial charge is 0.177 e. The van der Waals surface area contributed by atoms with Crippen molar-refractivity contribution in [2.45, 2.75) is 11.8 Å². The lowest BCUT2D eigenvalue weighted by Gasteiger charge is -2.04. The minimum Gasteiger partial charge on any atom is -0.397 e. The maximum Gasteiger partial charge on any atom is 0.177 e. The number of nitrogens with two attached hydrogens (primary N) is 1. The van der Waals surface area contributed by atoms with E-state index in [4.69, 9.17) is 5.73 Å². The molecule has 6 heteroatoms. The Morgan fingerprint density at radius 3 is 2.62 bits per heavy atom. The van der Waals surface area contributed by atoms with Gasteiger partial charge in [0.25, 0.3) is 0 Å². The van der Waals surface area contributed by atoms with Gasteiger partial charge in [-0.2, -0.15) is 0 Å². The van der Waals surface area contributed by atoms with Crippen molar-refractivity contribution in [3.05, 3.63) is 42.2 Å². The van der Waals surface area contributed by atoms with Gasteiger partial charge in [-0.3, -0.25) is 4.98 Å². The van der Waals surface area contributed by atoms with Crippen molar-refractivity contribution in [1.29, 1.82) is 0 Å². The molecule has 2 heterocycles. The number of aromatic nitrogens is 2. The van der Waals surface area contributed by atoms with Crippen LogP contribution in [0.15, 0.2) is 41.4 Å². The van der Waals surface area contributed by atoms with Gasteiger partial charge in [-0.05, 0) is 25.1 Å². The highest BCUT2D eigenvalue weighted by molar-refractivity contribution is 7.91. The zero-order valence-electron chi connectivity index (χ0n) is 11.7. The predicted octanol–water partition coefficient (Wildman–Crippen LogP) is 2.52. The van der Waals surface area contributed by atoms with Gasteiger partial charge in [0.05, 0.1) is 27.5 Å². The summed E-state index contributed by atoms with van der Waals surface area (Å²) in [4.78, 5) is 7.80. The second-order valence-corrected chi connectivity index (χ2v) is 7.01. The number of aryl methyl sites for hydroxylation is 1. The fourth-order valence-electron chi connectivity index (χ4n) is 2.37. The van der Waals surface area contributed by atoms with Gasteiger partial charge in [-0.1, -0.05) is 12.1 Å². The van der Waals surface area contributed by atoms with Crippen LogP contribution < -0.4 is 5.73 Å². The highest BCUT2D eigenvalue weighted by Crippen LogP contribution is 2.31.